The number of hydrogen-bond acceptors (Lipinski definition) is 6. The molecular formula is C21H28N4O4S. The standard InChI is InChI=1S/C21H28N4O4S/c1-5-17-20(18(6-2)24(23-17)12-14(4)22)30(28,29)16-9-7-15(8-10-16)25-19(26)11-13(3)21(25)27/h7-10,13-14H,5-6,11-12,22H2,1-4H3/t13?,14-/m1/s1. The number of nitrogens with two attached hydrogens (primary N) is 1. The van der Waals surface area contributed by atoms with E-state index >= 15 is 0 Å². The van der Waals surface area contributed by atoms with Crippen LogP contribution in [-0.4, -0.2) is 36.1 Å². The van der Waals surface area contributed by atoms with Gasteiger partial charge < -0.3 is 5.73 Å². The second-order valence-corrected chi connectivity index (χ2v) is 9.65. The molecule has 1 fully saturated rings. The third-order valence-electron chi connectivity index (χ3n) is 5.25. The van der Waals surface area contributed by atoms with Gasteiger partial charge in [-0.15, -0.1) is 0 Å². The third-order valence-corrected chi connectivity index (χ3v) is 7.16. The van der Waals surface area contributed by atoms with Crippen LogP contribution in [0.4, 0.5) is 5.69 Å². The average molecular weight is 433 g/mol. The Bertz CT molecular complexity index is 1070. The van der Waals surface area contributed by atoms with Crippen LogP contribution in [0.5, 0.6) is 0 Å². The monoisotopic (exact) mass is 432 g/mol. The molecule has 2 heterocycles. The lowest BCUT2D eigenvalue weighted by Gasteiger charge is -2.15. The zero-order chi connectivity index (χ0) is 22.2. The van der Waals surface area contributed by atoms with Gasteiger partial charge in [-0.1, -0.05) is 20.8 Å². The Morgan fingerprint density at radius 2 is 1.80 bits per heavy atom. The van der Waals surface area contributed by atoms with Gasteiger partial charge in [0, 0.05) is 18.4 Å². The summed E-state index contributed by atoms with van der Waals surface area (Å²) in [5.74, 6) is -0.910. The molecule has 1 aromatic heterocycles. The van der Waals surface area contributed by atoms with E-state index < -0.39 is 9.84 Å². The lowest BCUT2D eigenvalue weighted by Crippen LogP contribution is -2.29. The van der Waals surface area contributed by atoms with Gasteiger partial charge in [-0.05, 0) is 44.0 Å². The maximum Gasteiger partial charge on any atom is 0.237 e. The van der Waals surface area contributed by atoms with Crippen molar-refractivity contribution in [3.05, 3.63) is 35.7 Å². The highest BCUT2D eigenvalue weighted by atomic mass is 32.2. The number of hydrogen-bond donors (Lipinski definition) is 1. The minimum atomic E-state index is -3.83. The van der Waals surface area contributed by atoms with Crippen LogP contribution in [0.1, 0.15) is 45.5 Å². The van der Waals surface area contributed by atoms with Gasteiger partial charge in [0.15, 0.2) is 0 Å². The van der Waals surface area contributed by atoms with Gasteiger partial charge in [-0.25, -0.2) is 8.42 Å². The Morgan fingerprint density at radius 1 is 1.17 bits per heavy atom. The smallest absolute Gasteiger partial charge is 0.237 e. The van der Waals surface area contributed by atoms with Gasteiger partial charge in [-0.3, -0.25) is 19.2 Å². The van der Waals surface area contributed by atoms with E-state index in [2.05, 4.69) is 5.10 Å². The summed E-state index contributed by atoms with van der Waals surface area (Å²) in [5.41, 5.74) is 7.43. The Hall–Kier alpha value is -2.52. The summed E-state index contributed by atoms with van der Waals surface area (Å²) in [6.45, 7) is 7.74. The molecule has 1 aliphatic heterocycles. The van der Waals surface area contributed by atoms with Gasteiger partial charge in [0.05, 0.1) is 28.5 Å². The molecule has 3 rings (SSSR count). The molecule has 1 unspecified atom stereocenters. The van der Waals surface area contributed by atoms with E-state index in [1.54, 1.807) is 11.6 Å². The number of imide groups is 1. The fourth-order valence-corrected chi connectivity index (χ4v) is 5.58. The fourth-order valence-electron chi connectivity index (χ4n) is 3.79. The van der Waals surface area contributed by atoms with Crippen molar-refractivity contribution in [1.82, 2.24) is 9.78 Å². The second-order valence-electron chi connectivity index (χ2n) is 7.76. The molecule has 30 heavy (non-hydrogen) atoms. The van der Waals surface area contributed by atoms with E-state index in [-0.39, 0.29) is 40.0 Å². The number of aromatic nitrogens is 2. The quantitative estimate of drug-likeness (QED) is 0.670. The molecule has 2 amide bonds. The molecule has 2 atom stereocenters. The van der Waals surface area contributed by atoms with E-state index in [1.807, 2.05) is 20.8 Å². The van der Waals surface area contributed by atoms with Crippen LogP contribution < -0.4 is 10.6 Å². The van der Waals surface area contributed by atoms with Crippen LogP contribution in [0.25, 0.3) is 0 Å². The van der Waals surface area contributed by atoms with Gasteiger partial charge in [0.1, 0.15) is 4.90 Å². The molecule has 0 saturated carbocycles. The maximum absolute atomic E-state index is 13.5. The minimum absolute atomic E-state index is 0.100. The van der Waals surface area contributed by atoms with Crippen LogP contribution in [-0.2, 0) is 38.8 Å². The Morgan fingerprint density at radius 3 is 2.27 bits per heavy atom. The van der Waals surface area contributed by atoms with E-state index in [0.717, 1.165) is 4.90 Å². The second kappa shape index (κ2) is 8.31. The molecule has 0 aliphatic carbocycles. The van der Waals surface area contributed by atoms with Crippen molar-refractivity contribution < 1.29 is 18.0 Å². The Balaban J connectivity index is 2.03. The predicted molar refractivity (Wildman–Crippen MR) is 113 cm³/mol. The minimum Gasteiger partial charge on any atom is -0.326 e. The first-order valence-corrected chi connectivity index (χ1v) is 11.7. The first kappa shape index (κ1) is 22.2. The number of rotatable bonds is 7. The highest BCUT2D eigenvalue weighted by molar-refractivity contribution is 7.91. The molecular weight excluding hydrogens is 404 g/mol. The van der Waals surface area contributed by atoms with Gasteiger partial charge in [0.25, 0.3) is 0 Å². The predicted octanol–water partition coefficient (Wildman–Crippen LogP) is 2.09. The van der Waals surface area contributed by atoms with Gasteiger partial charge in [-0.2, -0.15) is 5.10 Å². The Labute approximate surface area is 177 Å². The summed E-state index contributed by atoms with van der Waals surface area (Å²) < 4.78 is 28.6. The topological polar surface area (TPSA) is 115 Å². The number of anilines is 1. The number of aryl methyl sites for hydroxylation is 1. The van der Waals surface area contributed by atoms with Crippen molar-refractivity contribution in [2.24, 2.45) is 11.7 Å². The molecule has 2 aromatic rings. The zero-order valence-corrected chi connectivity index (χ0v) is 18.6. The highest BCUT2D eigenvalue weighted by Crippen LogP contribution is 2.31. The van der Waals surface area contributed by atoms with Crippen LogP contribution in [0, 0.1) is 5.92 Å². The van der Waals surface area contributed by atoms with Crippen LogP contribution in [0.3, 0.4) is 0 Å². The van der Waals surface area contributed by atoms with E-state index in [4.69, 9.17) is 5.73 Å². The lowest BCUT2D eigenvalue weighted by molar-refractivity contribution is -0.122. The first-order chi connectivity index (χ1) is 14.1. The molecule has 9 heteroatoms. The van der Waals surface area contributed by atoms with Crippen molar-refractivity contribution >= 4 is 27.3 Å². The number of amides is 2. The van der Waals surface area contributed by atoms with Crippen molar-refractivity contribution in [2.75, 3.05) is 4.90 Å². The third kappa shape index (κ3) is 3.79. The maximum atomic E-state index is 13.5. The summed E-state index contributed by atoms with van der Waals surface area (Å²) in [4.78, 5) is 25.8. The molecule has 1 aromatic carbocycles. The molecule has 1 aliphatic rings. The molecule has 0 radical (unpaired) electrons. The lowest BCUT2D eigenvalue weighted by atomic mass is 10.1. The van der Waals surface area contributed by atoms with E-state index in [1.165, 1.54) is 24.3 Å². The van der Waals surface area contributed by atoms with Crippen molar-refractivity contribution in [2.45, 2.75) is 69.3 Å². The average Bonchev–Trinajstić information content (AvgIpc) is 3.17. The summed E-state index contributed by atoms with van der Waals surface area (Å²) in [7, 11) is -3.83. The molecule has 1 saturated heterocycles. The fraction of sp³-hybridized carbons (Fsp3) is 0.476. The van der Waals surface area contributed by atoms with E-state index in [9.17, 15) is 18.0 Å². The van der Waals surface area contributed by atoms with Gasteiger partial charge in [0.2, 0.25) is 21.7 Å². The number of sulfone groups is 1. The molecule has 162 valence electrons. The molecule has 2 N–H and O–H groups in total. The number of carbonyl (C=O) groups excluding carboxylic acids is 2. The van der Waals surface area contributed by atoms with E-state index in [0.29, 0.717) is 36.5 Å². The number of nitrogens with zero attached hydrogens (tertiary/aromatic N) is 3. The number of carbonyl (C=O) groups is 2. The summed E-state index contributed by atoms with van der Waals surface area (Å²) in [6, 6.07) is 5.73. The molecule has 8 nitrogen and oxygen atoms in total. The van der Waals surface area contributed by atoms with Crippen molar-refractivity contribution in [3.63, 3.8) is 0 Å². The zero-order valence-electron chi connectivity index (χ0n) is 17.8. The normalized spacial score (nSPS) is 18.3. The Kier molecular flexibility index (Phi) is 6.14. The van der Waals surface area contributed by atoms with Crippen molar-refractivity contribution in [1.29, 1.82) is 0 Å². The van der Waals surface area contributed by atoms with Crippen molar-refractivity contribution in [3.8, 4) is 0 Å². The molecule has 0 spiro atoms. The largest absolute Gasteiger partial charge is 0.326 e. The SMILES string of the molecule is CCc1nn(C[C@@H](C)N)c(CC)c1S(=O)(=O)c1ccc(N2C(=O)CC(C)C2=O)cc1. The summed E-state index contributed by atoms with van der Waals surface area (Å²) in [6.07, 6.45) is 1.14. The van der Waals surface area contributed by atoms with Gasteiger partial charge >= 0.3 is 0 Å². The van der Waals surface area contributed by atoms with Crippen LogP contribution in [0.15, 0.2) is 34.1 Å². The highest BCUT2D eigenvalue weighted by Gasteiger charge is 2.37. The number of benzene rings is 1. The first-order valence-electron chi connectivity index (χ1n) is 10.2. The summed E-state index contributed by atoms with van der Waals surface area (Å²) in [5, 5.41) is 4.50. The van der Waals surface area contributed by atoms with Crippen LogP contribution >= 0.6 is 0 Å². The van der Waals surface area contributed by atoms with Crippen LogP contribution in [0.2, 0.25) is 0 Å². The summed E-state index contributed by atoms with van der Waals surface area (Å²) >= 11 is 0. The molecule has 0 bridgehead atoms.